The van der Waals surface area contributed by atoms with E-state index in [9.17, 15) is 4.79 Å². The number of amides is 1. The first-order valence-corrected chi connectivity index (χ1v) is 9.14. The molecule has 5 heterocycles. The number of rotatable bonds is 4. The average Bonchev–Trinajstić information content (AvgIpc) is 2.66. The molecule has 0 aromatic carbocycles. The molecule has 3 fully saturated rings. The average molecular weight is 357 g/mol. The lowest BCUT2D eigenvalue weighted by Gasteiger charge is -2.51. The van der Waals surface area contributed by atoms with Crippen LogP contribution in [0.15, 0.2) is 42.9 Å². The molecule has 0 spiro atoms. The largest absolute Gasteiger partial charge is 0.347 e. The fourth-order valence-electron chi connectivity index (χ4n) is 4.13. The monoisotopic (exact) mass is 356 g/mol. The van der Waals surface area contributed by atoms with Crippen molar-refractivity contribution < 1.29 is 4.79 Å². The number of fused-ring (bicyclic) bond motifs is 3. The van der Waals surface area contributed by atoms with E-state index >= 15 is 0 Å². The lowest BCUT2D eigenvalue weighted by molar-refractivity contribution is 0.0136. The number of aromatic nitrogens is 2. The van der Waals surface area contributed by atoms with E-state index in [2.05, 4.69) is 26.3 Å². The van der Waals surface area contributed by atoms with Crippen LogP contribution in [0, 0.1) is 5.92 Å². The molecule has 0 radical (unpaired) electrons. The van der Waals surface area contributed by atoms with Gasteiger partial charge >= 0.3 is 0 Å². The third-order valence-corrected chi connectivity index (χ3v) is 5.64. The third kappa shape index (κ3) is 3.53. The molecule has 25 heavy (non-hydrogen) atoms. The summed E-state index contributed by atoms with van der Waals surface area (Å²) in [5.74, 6) is 0.468. The molecule has 2 atom stereocenters. The molecular weight excluding hydrogens is 336 g/mol. The molecule has 2 bridgehead atoms. The van der Waals surface area contributed by atoms with E-state index < -0.39 is 0 Å². The van der Waals surface area contributed by atoms with E-state index in [0.29, 0.717) is 22.7 Å². The van der Waals surface area contributed by atoms with Crippen molar-refractivity contribution >= 4 is 17.5 Å². The van der Waals surface area contributed by atoms with Gasteiger partial charge < -0.3 is 5.32 Å². The van der Waals surface area contributed by atoms with Gasteiger partial charge in [0.05, 0.1) is 5.56 Å². The minimum Gasteiger partial charge on any atom is -0.347 e. The summed E-state index contributed by atoms with van der Waals surface area (Å²) in [6.45, 7) is 2.23. The lowest BCUT2D eigenvalue weighted by Crippen LogP contribution is -2.64. The highest BCUT2D eigenvalue weighted by molar-refractivity contribution is 6.29. The van der Waals surface area contributed by atoms with Crippen molar-refractivity contribution in [3.63, 3.8) is 0 Å². The molecule has 1 amide bonds. The van der Waals surface area contributed by atoms with Gasteiger partial charge in [-0.1, -0.05) is 17.7 Å². The molecule has 1 N–H and O–H groups in total. The van der Waals surface area contributed by atoms with Crippen LogP contribution in [0.1, 0.15) is 28.8 Å². The number of hydrogen-bond donors (Lipinski definition) is 1. The van der Waals surface area contributed by atoms with Gasteiger partial charge in [0, 0.05) is 30.7 Å². The number of halogens is 1. The van der Waals surface area contributed by atoms with Gasteiger partial charge in [-0.15, -0.1) is 0 Å². The van der Waals surface area contributed by atoms with Gasteiger partial charge in [0.1, 0.15) is 5.15 Å². The Morgan fingerprint density at radius 3 is 2.76 bits per heavy atom. The Bertz CT molecular complexity index is 729. The highest BCUT2D eigenvalue weighted by Gasteiger charge is 2.42. The van der Waals surface area contributed by atoms with Crippen LogP contribution < -0.4 is 5.32 Å². The highest BCUT2D eigenvalue weighted by atomic mass is 35.5. The standard InChI is InChI=1S/C19H21ClN4O/c20-17-4-3-15(12-22-17)19(25)23-18-14-5-8-24(9-6-14)16(18)10-13-2-1-7-21-11-13/h1-4,7,11-12,14,16,18H,5-6,8-10H2,(H,23,25)/t16-,18+/m0/s1. The van der Waals surface area contributed by atoms with Crippen molar-refractivity contribution in [2.45, 2.75) is 31.3 Å². The molecule has 3 saturated heterocycles. The molecular formula is C19H21ClN4O. The van der Waals surface area contributed by atoms with Crippen LogP contribution in [0.4, 0.5) is 0 Å². The number of hydrogen-bond acceptors (Lipinski definition) is 4. The topological polar surface area (TPSA) is 58.1 Å². The Hall–Kier alpha value is -1.98. The van der Waals surface area contributed by atoms with Gasteiger partial charge in [-0.25, -0.2) is 4.98 Å². The summed E-state index contributed by atoms with van der Waals surface area (Å²) >= 11 is 5.82. The summed E-state index contributed by atoms with van der Waals surface area (Å²) < 4.78 is 0. The molecule has 2 aromatic heterocycles. The Morgan fingerprint density at radius 2 is 2.08 bits per heavy atom. The molecule has 5 rings (SSSR count). The van der Waals surface area contributed by atoms with Crippen molar-refractivity contribution in [1.82, 2.24) is 20.2 Å². The van der Waals surface area contributed by atoms with Gasteiger partial charge in [0.15, 0.2) is 0 Å². The molecule has 2 aromatic rings. The fraction of sp³-hybridized carbons (Fsp3) is 0.421. The quantitative estimate of drug-likeness (QED) is 0.855. The molecule has 0 unspecified atom stereocenters. The molecule has 5 nitrogen and oxygen atoms in total. The Labute approximate surface area is 152 Å². The van der Waals surface area contributed by atoms with E-state index in [-0.39, 0.29) is 11.9 Å². The first-order chi connectivity index (χ1) is 12.2. The molecule has 0 saturated carbocycles. The van der Waals surface area contributed by atoms with E-state index in [0.717, 1.165) is 32.4 Å². The van der Waals surface area contributed by atoms with E-state index in [1.807, 2.05) is 12.3 Å². The second-order valence-electron chi connectivity index (χ2n) is 6.87. The van der Waals surface area contributed by atoms with E-state index in [1.54, 1.807) is 18.3 Å². The van der Waals surface area contributed by atoms with Crippen LogP contribution in [0.3, 0.4) is 0 Å². The Morgan fingerprint density at radius 1 is 1.24 bits per heavy atom. The molecule has 0 aliphatic carbocycles. The van der Waals surface area contributed by atoms with Crippen molar-refractivity contribution in [3.05, 3.63) is 59.1 Å². The van der Waals surface area contributed by atoms with Crippen LogP contribution >= 0.6 is 11.6 Å². The minimum atomic E-state index is -0.0703. The molecule has 130 valence electrons. The summed E-state index contributed by atoms with van der Waals surface area (Å²) in [5, 5.41) is 3.67. The summed E-state index contributed by atoms with van der Waals surface area (Å²) in [6.07, 6.45) is 8.46. The number of nitrogens with one attached hydrogen (secondary N) is 1. The number of carbonyl (C=O) groups excluding carboxylic acids is 1. The van der Waals surface area contributed by atoms with E-state index in [4.69, 9.17) is 11.6 Å². The van der Waals surface area contributed by atoms with Gasteiger partial charge in [0.25, 0.3) is 5.91 Å². The predicted octanol–water partition coefficient (Wildman–Crippen LogP) is 2.57. The Kier molecular flexibility index (Phi) is 4.68. The van der Waals surface area contributed by atoms with Crippen LogP contribution in [0.2, 0.25) is 5.15 Å². The van der Waals surface area contributed by atoms with Crippen molar-refractivity contribution in [2.24, 2.45) is 5.92 Å². The molecule has 6 heteroatoms. The maximum absolute atomic E-state index is 12.7. The van der Waals surface area contributed by atoms with Crippen molar-refractivity contribution in [3.8, 4) is 0 Å². The van der Waals surface area contributed by atoms with Gasteiger partial charge in [-0.3, -0.25) is 14.7 Å². The van der Waals surface area contributed by atoms with E-state index in [1.165, 1.54) is 11.8 Å². The lowest BCUT2D eigenvalue weighted by atomic mass is 9.76. The number of nitrogens with zero attached hydrogens (tertiary/aromatic N) is 3. The normalized spacial score (nSPS) is 27.9. The van der Waals surface area contributed by atoms with Crippen LogP contribution in [0.5, 0.6) is 0 Å². The van der Waals surface area contributed by atoms with Gasteiger partial charge in [-0.2, -0.15) is 0 Å². The SMILES string of the molecule is O=C(N[C@@H]1C2CCN(CC2)[C@H]1Cc1cccnc1)c1ccc(Cl)nc1. The fourth-order valence-corrected chi connectivity index (χ4v) is 4.24. The van der Waals surface area contributed by atoms with Gasteiger partial charge in [-0.05, 0) is 62.0 Å². The van der Waals surface area contributed by atoms with Gasteiger partial charge in [0.2, 0.25) is 0 Å². The summed E-state index contributed by atoms with van der Waals surface area (Å²) in [5.41, 5.74) is 1.77. The minimum absolute atomic E-state index is 0.0703. The second-order valence-corrected chi connectivity index (χ2v) is 7.26. The zero-order valence-electron chi connectivity index (χ0n) is 13.9. The van der Waals surface area contributed by atoms with Crippen molar-refractivity contribution in [2.75, 3.05) is 13.1 Å². The zero-order chi connectivity index (χ0) is 17.2. The summed E-state index contributed by atoms with van der Waals surface area (Å²) in [6, 6.07) is 7.94. The number of pyridine rings is 2. The predicted molar refractivity (Wildman–Crippen MR) is 96.5 cm³/mol. The maximum atomic E-state index is 12.7. The highest BCUT2D eigenvalue weighted by Crippen LogP contribution is 2.34. The molecule has 3 aliphatic rings. The first-order valence-electron chi connectivity index (χ1n) is 8.76. The maximum Gasteiger partial charge on any atom is 0.253 e. The molecule has 3 aliphatic heterocycles. The smallest absolute Gasteiger partial charge is 0.253 e. The van der Waals surface area contributed by atoms with Crippen molar-refractivity contribution in [1.29, 1.82) is 0 Å². The second kappa shape index (κ2) is 7.10. The van der Waals surface area contributed by atoms with Crippen LogP contribution in [-0.4, -0.2) is 45.9 Å². The summed E-state index contributed by atoms with van der Waals surface area (Å²) in [7, 11) is 0. The third-order valence-electron chi connectivity index (χ3n) is 5.42. The summed E-state index contributed by atoms with van der Waals surface area (Å²) in [4.78, 5) is 23.4. The van der Waals surface area contributed by atoms with Crippen LogP contribution in [-0.2, 0) is 6.42 Å². The Balaban J connectivity index is 1.52. The van der Waals surface area contributed by atoms with Crippen LogP contribution in [0.25, 0.3) is 0 Å². The zero-order valence-corrected chi connectivity index (χ0v) is 14.7. The number of piperidine rings is 3. The first kappa shape index (κ1) is 16.5. The number of carbonyl (C=O) groups is 1.